The zero-order valence-corrected chi connectivity index (χ0v) is 34.3. The number of hydrogen-bond donors (Lipinski definition) is 2. The number of nitrogens with zero attached hydrogens (tertiary/aromatic N) is 6. The lowest BCUT2D eigenvalue weighted by atomic mass is 10.0. The van der Waals surface area contributed by atoms with Crippen molar-refractivity contribution < 1.29 is 41.2 Å². The van der Waals surface area contributed by atoms with Crippen molar-refractivity contribution in [3.63, 3.8) is 0 Å². The van der Waals surface area contributed by atoms with E-state index in [-0.39, 0.29) is 24.3 Å². The van der Waals surface area contributed by atoms with Crippen molar-refractivity contribution in [3.05, 3.63) is 156 Å². The summed E-state index contributed by atoms with van der Waals surface area (Å²) in [5.74, 6) is -5.36. The maximum Gasteiger partial charge on any atom is 0.288 e. The highest BCUT2D eigenvalue weighted by atomic mass is 19.1. The number of anilines is 2. The van der Waals surface area contributed by atoms with Gasteiger partial charge in [0.25, 0.3) is 11.8 Å². The zero-order valence-electron chi connectivity index (χ0n) is 34.3. The van der Waals surface area contributed by atoms with E-state index in [0.717, 1.165) is 87.0 Å². The Morgan fingerprint density at radius 1 is 0.587 bits per heavy atom. The first kappa shape index (κ1) is 41.2. The number of piperazine rings is 2. The molecule has 17 heteroatoms. The summed E-state index contributed by atoms with van der Waals surface area (Å²) in [4.78, 5) is 12.9. The van der Waals surface area contributed by atoms with Gasteiger partial charge in [0, 0.05) is 113 Å². The van der Waals surface area contributed by atoms with Crippen LogP contribution in [0.4, 0.5) is 28.9 Å². The quantitative estimate of drug-likeness (QED) is 0.144. The predicted octanol–water partition coefficient (Wildman–Crippen LogP) is 5.88. The number of aromatic nitrogens is 4. The van der Waals surface area contributed by atoms with Gasteiger partial charge in [-0.2, -0.15) is 0 Å². The van der Waals surface area contributed by atoms with Crippen molar-refractivity contribution in [1.29, 1.82) is 0 Å². The van der Waals surface area contributed by atoms with Crippen LogP contribution in [0.2, 0.25) is 0 Å². The molecule has 2 aromatic heterocycles. The van der Waals surface area contributed by atoms with Gasteiger partial charge in [-0.1, -0.05) is 0 Å². The molecule has 4 aliphatic heterocycles. The number of ether oxygens (including phenoxy) is 5. The summed E-state index contributed by atoms with van der Waals surface area (Å²) in [6.07, 6.45) is 8.74. The monoisotopic (exact) mass is 866 g/mol. The van der Waals surface area contributed by atoms with E-state index in [1.807, 2.05) is 24.3 Å². The van der Waals surface area contributed by atoms with Crippen LogP contribution >= 0.6 is 0 Å². The van der Waals surface area contributed by atoms with Gasteiger partial charge >= 0.3 is 0 Å². The molecule has 0 saturated carbocycles. The number of benzene rings is 4. The average molecular weight is 867 g/mol. The predicted molar refractivity (Wildman–Crippen MR) is 224 cm³/mol. The summed E-state index contributed by atoms with van der Waals surface area (Å²) in [5.41, 5.74) is 3.70. The molecule has 0 radical (unpaired) electrons. The van der Waals surface area contributed by atoms with Gasteiger partial charge in [-0.25, -0.2) is 27.5 Å². The molecule has 63 heavy (non-hydrogen) atoms. The highest BCUT2D eigenvalue weighted by molar-refractivity contribution is 5.58. The van der Waals surface area contributed by atoms with Crippen LogP contribution in [-0.2, 0) is 43.6 Å². The molecule has 0 bridgehead atoms. The summed E-state index contributed by atoms with van der Waals surface area (Å²) in [5, 5.41) is 6.82. The van der Waals surface area contributed by atoms with Gasteiger partial charge in [0.05, 0.1) is 49.2 Å². The molecule has 4 unspecified atom stereocenters. The van der Waals surface area contributed by atoms with E-state index in [0.29, 0.717) is 24.3 Å². The van der Waals surface area contributed by atoms with E-state index >= 15 is 8.78 Å². The lowest BCUT2D eigenvalue weighted by Crippen LogP contribution is -2.43. The lowest BCUT2D eigenvalue weighted by molar-refractivity contribution is -0.200. The van der Waals surface area contributed by atoms with E-state index in [1.165, 1.54) is 46.1 Å². The molecule has 2 N–H and O–H groups in total. The van der Waals surface area contributed by atoms with Crippen LogP contribution in [0.1, 0.15) is 22.3 Å². The summed E-state index contributed by atoms with van der Waals surface area (Å²) in [6.45, 7) is 6.82. The first-order chi connectivity index (χ1) is 30.8. The normalized spacial score (nSPS) is 24.0. The summed E-state index contributed by atoms with van der Waals surface area (Å²) < 4.78 is 95.2. The molecule has 6 heterocycles. The maximum absolute atomic E-state index is 15.5. The topological polar surface area (TPSA) is 112 Å². The summed E-state index contributed by atoms with van der Waals surface area (Å²) >= 11 is 0. The molecule has 0 amide bonds. The van der Waals surface area contributed by atoms with E-state index in [4.69, 9.17) is 23.7 Å². The van der Waals surface area contributed by atoms with Crippen molar-refractivity contribution in [2.24, 2.45) is 0 Å². The molecule has 0 aliphatic carbocycles. The molecule has 4 atom stereocenters. The Kier molecular flexibility index (Phi) is 11.4. The van der Waals surface area contributed by atoms with Gasteiger partial charge in [-0.05, 0) is 71.8 Å². The Labute approximate surface area is 361 Å². The third kappa shape index (κ3) is 8.16. The van der Waals surface area contributed by atoms with Gasteiger partial charge in [0.1, 0.15) is 34.8 Å². The third-order valence-corrected chi connectivity index (χ3v) is 12.0. The van der Waals surface area contributed by atoms with E-state index in [9.17, 15) is 8.78 Å². The molecule has 0 spiro atoms. The first-order valence-corrected chi connectivity index (χ1v) is 21.1. The van der Waals surface area contributed by atoms with Crippen molar-refractivity contribution in [1.82, 2.24) is 29.7 Å². The standard InChI is InChI=1S/C46H46F4N8O5/c47-33-1-5-39(41(49)25-33)45(57-19-13-53-29-57)59-27-37(62-45)23-31-21-35(55-15-9-51-10-16-55)3-7-43(31)61-44-8-4-36(56-17-11-52-12-18-56)22-32(44)24-38-28-60-46(63-38,58-20-14-54-30-58)40-6-2-34(48)26-42(40)50/h1-8,13-14,19-22,25-26,29-30,37-38,51-52H,9-12,15-18,23-24,27-28H2. The van der Waals surface area contributed by atoms with E-state index in [2.05, 4.69) is 42.5 Å². The first-order valence-electron chi connectivity index (χ1n) is 21.1. The minimum Gasteiger partial charge on any atom is -0.457 e. The van der Waals surface area contributed by atoms with Crippen LogP contribution in [0.15, 0.2) is 110 Å². The SMILES string of the molecule is Fc1ccc(C2(n3ccnc3)OCC(Cc3cc(N4CCNCC4)ccc3Oc3ccc(N4CCNCC4)cc3CC3COC(c4ccc(F)cc4F)(n4ccnc4)O3)O2)c(F)c1. The molecular weight excluding hydrogens is 821 g/mol. The molecule has 4 saturated heterocycles. The molecule has 4 fully saturated rings. The second-order valence-corrected chi connectivity index (χ2v) is 16.0. The van der Waals surface area contributed by atoms with Crippen LogP contribution in [0.5, 0.6) is 11.5 Å². The molecule has 4 aliphatic rings. The van der Waals surface area contributed by atoms with Crippen LogP contribution in [0.3, 0.4) is 0 Å². The summed E-state index contributed by atoms with van der Waals surface area (Å²) in [6, 6.07) is 18.8. The number of halogens is 4. The fourth-order valence-corrected chi connectivity index (χ4v) is 8.89. The fourth-order valence-electron chi connectivity index (χ4n) is 8.89. The largest absolute Gasteiger partial charge is 0.457 e. The van der Waals surface area contributed by atoms with E-state index < -0.39 is 47.3 Å². The molecular formula is C46H46F4N8O5. The van der Waals surface area contributed by atoms with Crippen molar-refractivity contribution in [2.75, 3.05) is 75.4 Å². The van der Waals surface area contributed by atoms with Crippen molar-refractivity contribution in [2.45, 2.75) is 36.9 Å². The van der Waals surface area contributed by atoms with Gasteiger partial charge in [-0.3, -0.25) is 9.13 Å². The van der Waals surface area contributed by atoms with E-state index in [1.54, 1.807) is 24.8 Å². The molecule has 13 nitrogen and oxygen atoms in total. The van der Waals surface area contributed by atoms with Gasteiger partial charge in [-0.15, -0.1) is 0 Å². The lowest BCUT2D eigenvalue weighted by Gasteiger charge is -2.31. The Morgan fingerprint density at radius 3 is 1.43 bits per heavy atom. The average Bonchev–Trinajstić information content (AvgIpc) is 4.15. The number of hydrogen-bond acceptors (Lipinski definition) is 11. The summed E-state index contributed by atoms with van der Waals surface area (Å²) in [7, 11) is 0. The van der Waals surface area contributed by atoms with Crippen molar-refractivity contribution >= 4 is 11.4 Å². The second-order valence-electron chi connectivity index (χ2n) is 16.0. The van der Waals surface area contributed by atoms with Crippen LogP contribution < -0.4 is 25.2 Å². The smallest absolute Gasteiger partial charge is 0.288 e. The van der Waals surface area contributed by atoms with Crippen LogP contribution in [-0.4, -0.2) is 96.9 Å². The van der Waals surface area contributed by atoms with Crippen LogP contribution in [0, 0.1) is 23.3 Å². The number of nitrogens with one attached hydrogen (secondary N) is 2. The Morgan fingerprint density at radius 2 is 1.03 bits per heavy atom. The Bertz CT molecular complexity index is 2370. The van der Waals surface area contributed by atoms with Gasteiger partial charge in [0.2, 0.25) is 0 Å². The molecule has 6 aromatic rings. The number of imidazole rings is 2. The third-order valence-electron chi connectivity index (χ3n) is 12.0. The molecule has 328 valence electrons. The molecule has 10 rings (SSSR count). The fraction of sp³-hybridized carbons (Fsp3) is 0.348. The van der Waals surface area contributed by atoms with Gasteiger partial charge < -0.3 is 44.1 Å². The minimum atomic E-state index is -1.73. The van der Waals surface area contributed by atoms with Gasteiger partial charge in [0.15, 0.2) is 0 Å². The van der Waals surface area contributed by atoms with Crippen LogP contribution in [0.25, 0.3) is 0 Å². The number of rotatable bonds is 12. The van der Waals surface area contributed by atoms with Crippen molar-refractivity contribution in [3.8, 4) is 11.5 Å². The zero-order chi connectivity index (χ0) is 43.0. The second kappa shape index (κ2) is 17.4. The Balaban J connectivity index is 0.985. The Hall–Kier alpha value is -5.82. The highest BCUT2D eigenvalue weighted by Gasteiger charge is 2.49. The highest BCUT2D eigenvalue weighted by Crippen LogP contribution is 2.43. The minimum absolute atomic E-state index is 0.0157. The maximum atomic E-state index is 15.5. The molecule has 4 aromatic carbocycles.